The van der Waals surface area contributed by atoms with E-state index in [9.17, 15) is 0 Å². The highest BCUT2D eigenvalue weighted by molar-refractivity contribution is 6.30. The van der Waals surface area contributed by atoms with Crippen LogP contribution in [-0.2, 0) is 0 Å². The van der Waals surface area contributed by atoms with Crippen LogP contribution in [0.2, 0.25) is 5.02 Å². The van der Waals surface area contributed by atoms with Crippen molar-refractivity contribution in [2.45, 2.75) is 0 Å². The molecule has 0 radical (unpaired) electrons. The Balaban J connectivity index is 2.16. The Hall–Kier alpha value is -1.61. The minimum absolute atomic E-state index is 0.467. The van der Waals surface area contributed by atoms with Crippen LogP contribution < -0.4 is 4.74 Å². The molecule has 0 aliphatic rings. The number of hydrogen-bond donors (Lipinski definition) is 0. The van der Waals surface area contributed by atoms with Gasteiger partial charge in [0.15, 0.2) is 0 Å². The van der Waals surface area contributed by atoms with Crippen LogP contribution in [0.5, 0.6) is 11.6 Å². The summed E-state index contributed by atoms with van der Waals surface area (Å²) in [7, 11) is 0. The summed E-state index contributed by atoms with van der Waals surface area (Å²) in [5.41, 5.74) is 0. The minimum atomic E-state index is 0.467. The van der Waals surface area contributed by atoms with Crippen molar-refractivity contribution in [1.82, 2.24) is 10.2 Å². The van der Waals surface area contributed by atoms with Crippen molar-refractivity contribution in [3.05, 3.63) is 47.6 Å². The second kappa shape index (κ2) is 4.07. The topological polar surface area (TPSA) is 35.0 Å². The monoisotopic (exact) mass is 206 g/mol. The molecule has 0 unspecified atom stereocenters. The molecule has 70 valence electrons. The Bertz CT molecular complexity index is 402. The largest absolute Gasteiger partial charge is 0.438 e. The van der Waals surface area contributed by atoms with Crippen molar-refractivity contribution in [2.75, 3.05) is 0 Å². The number of hydrogen-bond acceptors (Lipinski definition) is 3. The molecule has 14 heavy (non-hydrogen) atoms. The summed E-state index contributed by atoms with van der Waals surface area (Å²) in [6.45, 7) is 0. The van der Waals surface area contributed by atoms with E-state index in [1.807, 2.05) is 0 Å². The number of aromatic nitrogens is 2. The van der Waals surface area contributed by atoms with Crippen molar-refractivity contribution >= 4 is 11.6 Å². The van der Waals surface area contributed by atoms with Crippen LogP contribution in [0.1, 0.15) is 0 Å². The lowest BCUT2D eigenvalue weighted by molar-refractivity contribution is 0.455. The van der Waals surface area contributed by atoms with Gasteiger partial charge in [-0.3, -0.25) is 0 Å². The van der Waals surface area contributed by atoms with E-state index in [0.29, 0.717) is 16.7 Å². The van der Waals surface area contributed by atoms with Crippen LogP contribution in [0.15, 0.2) is 42.6 Å². The van der Waals surface area contributed by atoms with Gasteiger partial charge in [0.1, 0.15) is 5.75 Å². The molecule has 1 heterocycles. The molecule has 0 aliphatic carbocycles. The van der Waals surface area contributed by atoms with Crippen molar-refractivity contribution in [3.8, 4) is 11.6 Å². The second-order valence-electron chi connectivity index (χ2n) is 2.62. The van der Waals surface area contributed by atoms with Gasteiger partial charge in [-0.25, -0.2) is 0 Å². The van der Waals surface area contributed by atoms with Gasteiger partial charge in [0.2, 0.25) is 5.88 Å². The molecule has 0 aliphatic heterocycles. The quantitative estimate of drug-likeness (QED) is 0.758. The highest BCUT2D eigenvalue weighted by Crippen LogP contribution is 2.20. The van der Waals surface area contributed by atoms with Crippen LogP contribution in [0.25, 0.3) is 0 Å². The van der Waals surface area contributed by atoms with Gasteiger partial charge in [-0.05, 0) is 30.3 Å². The maximum absolute atomic E-state index is 5.73. The SMILES string of the molecule is Clc1ccc(Oc2cccnn2)cc1. The van der Waals surface area contributed by atoms with Gasteiger partial charge >= 0.3 is 0 Å². The summed E-state index contributed by atoms with van der Waals surface area (Å²) in [4.78, 5) is 0. The first-order chi connectivity index (χ1) is 6.84. The van der Waals surface area contributed by atoms with Crippen LogP contribution in [0.4, 0.5) is 0 Å². The summed E-state index contributed by atoms with van der Waals surface area (Å²) in [5, 5.41) is 8.17. The molecule has 0 N–H and O–H groups in total. The molecule has 0 bridgehead atoms. The van der Waals surface area contributed by atoms with Crippen molar-refractivity contribution in [3.63, 3.8) is 0 Å². The van der Waals surface area contributed by atoms with Crippen molar-refractivity contribution in [1.29, 1.82) is 0 Å². The van der Waals surface area contributed by atoms with Gasteiger partial charge in [-0.2, -0.15) is 5.10 Å². The molecule has 0 atom stereocenters. The fourth-order valence-corrected chi connectivity index (χ4v) is 1.09. The maximum Gasteiger partial charge on any atom is 0.238 e. The molecule has 2 rings (SSSR count). The van der Waals surface area contributed by atoms with E-state index >= 15 is 0 Å². The third kappa shape index (κ3) is 2.20. The second-order valence-corrected chi connectivity index (χ2v) is 3.05. The first kappa shape index (κ1) is 8.97. The smallest absolute Gasteiger partial charge is 0.238 e. The van der Waals surface area contributed by atoms with E-state index < -0.39 is 0 Å². The zero-order valence-electron chi connectivity index (χ0n) is 7.22. The Labute approximate surface area is 86.3 Å². The van der Waals surface area contributed by atoms with E-state index in [4.69, 9.17) is 16.3 Å². The maximum atomic E-state index is 5.73. The predicted octanol–water partition coefficient (Wildman–Crippen LogP) is 2.92. The van der Waals surface area contributed by atoms with E-state index in [1.54, 1.807) is 42.6 Å². The zero-order chi connectivity index (χ0) is 9.80. The average molecular weight is 207 g/mol. The van der Waals surface area contributed by atoms with Crippen LogP contribution in [-0.4, -0.2) is 10.2 Å². The fourth-order valence-electron chi connectivity index (χ4n) is 0.965. The molecule has 1 aromatic heterocycles. The predicted molar refractivity (Wildman–Crippen MR) is 53.6 cm³/mol. The Kier molecular flexibility index (Phi) is 2.60. The van der Waals surface area contributed by atoms with Gasteiger partial charge < -0.3 is 4.74 Å². The highest BCUT2D eigenvalue weighted by atomic mass is 35.5. The molecule has 0 amide bonds. The van der Waals surface area contributed by atoms with E-state index in [1.165, 1.54) is 0 Å². The van der Waals surface area contributed by atoms with Gasteiger partial charge in [-0.15, -0.1) is 5.10 Å². The lowest BCUT2D eigenvalue weighted by Crippen LogP contribution is -1.88. The van der Waals surface area contributed by atoms with Crippen LogP contribution >= 0.6 is 11.6 Å². The Morgan fingerprint density at radius 2 is 1.86 bits per heavy atom. The summed E-state index contributed by atoms with van der Waals surface area (Å²) in [5.74, 6) is 1.16. The first-order valence-electron chi connectivity index (χ1n) is 4.06. The van der Waals surface area contributed by atoms with Crippen molar-refractivity contribution < 1.29 is 4.74 Å². The molecular weight excluding hydrogens is 200 g/mol. The lowest BCUT2D eigenvalue weighted by atomic mass is 10.3. The number of ether oxygens (including phenoxy) is 1. The van der Waals surface area contributed by atoms with E-state index in [2.05, 4.69) is 10.2 Å². The first-order valence-corrected chi connectivity index (χ1v) is 4.43. The highest BCUT2D eigenvalue weighted by Gasteiger charge is 1.96. The third-order valence-electron chi connectivity index (χ3n) is 1.58. The Morgan fingerprint density at radius 1 is 1.07 bits per heavy atom. The van der Waals surface area contributed by atoms with Gasteiger partial charge in [0.05, 0.1) is 0 Å². The number of nitrogens with zero attached hydrogens (tertiary/aromatic N) is 2. The Morgan fingerprint density at radius 3 is 2.50 bits per heavy atom. The van der Waals surface area contributed by atoms with Crippen molar-refractivity contribution in [2.24, 2.45) is 0 Å². The summed E-state index contributed by atoms with van der Waals surface area (Å²) >= 11 is 5.73. The third-order valence-corrected chi connectivity index (χ3v) is 1.84. The molecular formula is C10H7ClN2O. The van der Waals surface area contributed by atoms with Gasteiger partial charge in [0.25, 0.3) is 0 Å². The molecule has 0 fully saturated rings. The number of benzene rings is 1. The number of rotatable bonds is 2. The molecule has 3 nitrogen and oxygen atoms in total. The normalized spacial score (nSPS) is 9.79. The van der Waals surface area contributed by atoms with Gasteiger partial charge in [0, 0.05) is 17.3 Å². The van der Waals surface area contributed by atoms with Crippen LogP contribution in [0, 0.1) is 0 Å². The van der Waals surface area contributed by atoms with Gasteiger partial charge in [-0.1, -0.05) is 11.6 Å². The molecule has 0 spiro atoms. The molecule has 2 aromatic rings. The fraction of sp³-hybridized carbons (Fsp3) is 0. The standard InChI is InChI=1S/C10H7ClN2O/c11-8-3-5-9(6-4-8)14-10-2-1-7-12-13-10/h1-7H. The zero-order valence-corrected chi connectivity index (χ0v) is 7.98. The summed E-state index contributed by atoms with van der Waals surface area (Å²) in [6.07, 6.45) is 1.59. The molecule has 0 saturated heterocycles. The van der Waals surface area contributed by atoms with Crippen LogP contribution in [0.3, 0.4) is 0 Å². The average Bonchev–Trinajstić information content (AvgIpc) is 2.23. The van der Waals surface area contributed by atoms with E-state index in [-0.39, 0.29) is 0 Å². The lowest BCUT2D eigenvalue weighted by Gasteiger charge is -2.02. The summed E-state index contributed by atoms with van der Waals surface area (Å²) < 4.78 is 5.40. The van der Waals surface area contributed by atoms with E-state index in [0.717, 1.165) is 0 Å². The molecule has 1 aromatic carbocycles. The summed E-state index contributed by atoms with van der Waals surface area (Å²) in [6, 6.07) is 10.6. The minimum Gasteiger partial charge on any atom is -0.438 e. The molecule has 0 saturated carbocycles. The number of halogens is 1. The molecule has 4 heteroatoms.